The highest BCUT2D eigenvalue weighted by Crippen LogP contribution is 2.33. The maximum absolute atomic E-state index is 13.0. The lowest BCUT2D eigenvalue weighted by Gasteiger charge is -2.07. The van der Waals surface area contributed by atoms with E-state index >= 15 is 0 Å². The molecular weight excluding hydrogens is 362 g/mol. The number of hydrogen-bond donors (Lipinski definition) is 0. The highest BCUT2D eigenvalue weighted by molar-refractivity contribution is 7.91. The van der Waals surface area contributed by atoms with E-state index in [4.69, 9.17) is 16.3 Å². The van der Waals surface area contributed by atoms with Crippen LogP contribution in [0.3, 0.4) is 0 Å². The summed E-state index contributed by atoms with van der Waals surface area (Å²) in [4.78, 5) is 13.1. The zero-order valence-corrected chi connectivity index (χ0v) is 15.5. The predicted octanol–water partition coefficient (Wildman–Crippen LogP) is 3.70. The van der Waals surface area contributed by atoms with Crippen LogP contribution < -0.4 is 4.74 Å². The van der Waals surface area contributed by atoms with Crippen LogP contribution in [0.25, 0.3) is 10.9 Å². The van der Waals surface area contributed by atoms with Gasteiger partial charge in [-0.3, -0.25) is 9.36 Å². The Kier molecular flexibility index (Phi) is 4.34. The molecule has 3 rings (SSSR count). The van der Waals surface area contributed by atoms with Crippen molar-refractivity contribution in [2.24, 2.45) is 0 Å². The number of hydrogen-bond acceptors (Lipinski definition) is 4. The van der Waals surface area contributed by atoms with Gasteiger partial charge in [-0.25, -0.2) is 8.42 Å². The molecule has 0 unspecified atom stereocenters. The first-order chi connectivity index (χ1) is 11.7. The molecule has 130 valence electrons. The van der Waals surface area contributed by atoms with E-state index in [1.54, 1.807) is 49.4 Å². The van der Waals surface area contributed by atoms with Crippen LogP contribution in [-0.4, -0.2) is 32.3 Å². The first kappa shape index (κ1) is 17.5. The highest BCUT2D eigenvalue weighted by Gasteiger charge is 2.25. The quantitative estimate of drug-likeness (QED) is 0.698. The van der Waals surface area contributed by atoms with Gasteiger partial charge < -0.3 is 4.74 Å². The van der Waals surface area contributed by atoms with Crippen molar-refractivity contribution in [1.29, 1.82) is 0 Å². The molecule has 0 saturated heterocycles. The van der Waals surface area contributed by atoms with Crippen molar-refractivity contribution in [3.63, 3.8) is 0 Å². The van der Waals surface area contributed by atoms with Gasteiger partial charge in [0.1, 0.15) is 5.75 Å². The molecule has 0 atom stereocenters. The summed E-state index contributed by atoms with van der Waals surface area (Å²) >= 11 is 5.87. The van der Waals surface area contributed by atoms with Gasteiger partial charge in [-0.1, -0.05) is 11.6 Å². The molecule has 0 amide bonds. The first-order valence-corrected chi connectivity index (χ1v) is 9.70. The molecule has 7 heteroatoms. The number of rotatable bonds is 3. The smallest absolute Gasteiger partial charge is 0.262 e. The molecule has 0 spiro atoms. The summed E-state index contributed by atoms with van der Waals surface area (Å²) in [7, 11) is -2.03. The van der Waals surface area contributed by atoms with E-state index in [-0.39, 0.29) is 10.8 Å². The summed E-state index contributed by atoms with van der Waals surface area (Å²) in [5.74, 6) is 0.202. The molecule has 0 aliphatic rings. The van der Waals surface area contributed by atoms with Crippen molar-refractivity contribution < 1.29 is 17.9 Å². The number of aromatic nitrogens is 1. The van der Waals surface area contributed by atoms with Gasteiger partial charge in [-0.05, 0) is 49.4 Å². The summed E-state index contributed by atoms with van der Waals surface area (Å²) in [5.41, 5.74) is 1.30. The molecule has 0 fully saturated rings. The topological polar surface area (TPSA) is 65.4 Å². The lowest BCUT2D eigenvalue weighted by atomic mass is 10.2. The fraction of sp³-hybridized carbons (Fsp3) is 0.167. The summed E-state index contributed by atoms with van der Waals surface area (Å²) in [6.07, 6.45) is 1.13. The Morgan fingerprint density at radius 2 is 1.76 bits per heavy atom. The van der Waals surface area contributed by atoms with E-state index in [9.17, 15) is 13.2 Å². The number of sulfone groups is 1. The molecule has 0 bridgehead atoms. The molecule has 2 aromatic carbocycles. The molecule has 1 aromatic heterocycles. The maximum atomic E-state index is 13.0. The minimum Gasteiger partial charge on any atom is -0.497 e. The lowest BCUT2D eigenvalue weighted by molar-refractivity contribution is 0.0962. The minimum atomic E-state index is -3.54. The Labute approximate surface area is 150 Å². The number of fused-ring (bicyclic) bond motifs is 1. The number of halogens is 1. The van der Waals surface area contributed by atoms with Gasteiger partial charge in [0.25, 0.3) is 5.91 Å². The number of nitrogens with zero attached hydrogens (tertiary/aromatic N) is 1. The number of carbonyl (C=O) groups is 1. The highest BCUT2D eigenvalue weighted by atomic mass is 35.5. The third-order valence-corrected chi connectivity index (χ3v) is 5.53. The van der Waals surface area contributed by atoms with Crippen LogP contribution in [0.4, 0.5) is 0 Å². The molecule has 5 nitrogen and oxygen atoms in total. The van der Waals surface area contributed by atoms with Gasteiger partial charge in [0.15, 0.2) is 9.84 Å². The zero-order valence-electron chi connectivity index (χ0n) is 13.9. The summed E-state index contributed by atoms with van der Waals surface area (Å²) < 4.78 is 31.2. The van der Waals surface area contributed by atoms with Crippen molar-refractivity contribution in [3.05, 3.63) is 58.7 Å². The average Bonchev–Trinajstić information content (AvgIpc) is 2.85. The van der Waals surface area contributed by atoms with E-state index in [2.05, 4.69) is 0 Å². The summed E-state index contributed by atoms with van der Waals surface area (Å²) in [5, 5.41) is 0.980. The standard InChI is InChI=1S/C18H16ClNO4S/c1-11-17(25(3,22)23)15-10-14(24-2)8-9-16(15)20(11)18(21)12-4-6-13(19)7-5-12/h4-10H,1-3H3. The van der Waals surface area contributed by atoms with Crippen molar-refractivity contribution in [2.45, 2.75) is 11.8 Å². The van der Waals surface area contributed by atoms with Crippen LogP contribution >= 0.6 is 11.6 Å². The minimum absolute atomic E-state index is 0.128. The van der Waals surface area contributed by atoms with Crippen LogP contribution in [0.15, 0.2) is 47.4 Å². The monoisotopic (exact) mass is 377 g/mol. The number of benzene rings is 2. The van der Waals surface area contributed by atoms with Crippen molar-refractivity contribution in [3.8, 4) is 5.75 Å². The normalized spacial score (nSPS) is 11.7. The molecular formula is C18H16ClNO4S. The molecule has 0 saturated carbocycles. The second kappa shape index (κ2) is 6.20. The Hall–Kier alpha value is -2.31. The molecule has 3 aromatic rings. The zero-order chi connectivity index (χ0) is 18.4. The number of carbonyl (C=O) groups excluding carboxylic acids is 1. The molecule has 0 radical (unpaired) electrons. The van der Waals surface area contributed by atoms with E-state index in [1.165, 1.54) is 11.7 Å². The summed E-state index contributed by atoms with van der Waals surface area (Å²) in [6.45, 7) is 1.62. The molecule has 0 N–H and O–H groups in total. The van der Waals surface area contributed by atoms with Crippen molar-refractivity contribution >= 4 is 38.2 Å². The van der Waals surface area contributed by atoms with Crippen molar-refractivity contribution in [1.82, 2.24) is 4.57 Å². The molecule has 0 aliphatic heterocycles. The molecule has 1 heterocycles. The maximum Gasteiger partial charge on any atom is 0.262 e. The van der Waals surface area contributed by atoms with Gasteiger partial charge in [-0.2, -0.15) is 0 Å². The predicted molar refractivity (Wildman–Crippen MR) is 97.5 cm³/mol. The number of ether oxygens (including phenoxy) is 1. The van der Waals surface area contributed by atoms with E-state index in [0.717, 1.165) is 6.26 Å². The van der Waals surface area contributed by atoms with Crippen LogP contribution in [0.1, 0.15) is 16.1 Å². The molecule has 25 heavy (non-hydrogen) atoms. The first-order valence-electron chi connectivity index (χ1n) is 7.43. The Balaban J connectivity index is 2.34. The van der Waals surface area contributed by atoms with Crippen LogP contribution in [-0.2, 0) is 9.84 Å². The Morgan fingerprint density at radius 1 is 1.12 bits per heavy atom. The fourth-order valence-corrected chi connectivity index (χ4v) is 4.26. The Morgan fingerprint density at radius 3 is 2.32 bits per heavy atom. The van der Waals surface area contributed by atoms with E-state index in [0.29, 0.717) is 32.9 Å². The lowest BCUT2D eigenvalue weighted by Crippen LogP contribution is -2.14. The van der Waals surface area contributed by atoms with Gasteiger partial charge in [0, 0.05) is 27.9 Å². The molecule has 0 aliphatic carbocycles. The third-order valence-electron chi connectivity index (χ3n) is 4.02. The van der Waals surface area contributed by atoms with E-state index < -0.39 is 9.84 Å². The van der Waals surface area contributed by atoms with Crippen LogP contribution in [0.2, 0.25) is 5.02 Å². The van der Waals surface area contributed by atoms with Crippen LogP contribution in [0, 0.1) is 6.92 Å². The van der Waals surface area contributed by atoms with Gasteiger partial charge in [-0.15, -0.1) is 0 Å². The SMILES string of the molecule is COc1ccc2c(c1)c(S(C)(=O)=O)c(C)n2C(=O)c1ccc(Cl)cc1. The summed E-state index contributed by atoms with van der Waals surface area (Å²) in [6, 6.07) is 11.5. The Bertz CT molecular complexity index is 1080. The largest absolute Gasteiger partial charge is 0.497 e. The average molecular weight is 378 g/mol. The van der Waals surface area contributed by atoms with E-state index in [1.807, 2.05) is 0 Å². The van der Waals surface area contributed by atoms with Gasteiger partial charge in [0.05, 0.1) is 17.5 Å². The second-order valence-electron chi connectivity index (χ2n) is 5.72. The fourth-order valence-electron chi connectivity index (χ4n) is 2.95. The third kappa shape index (κ3) is 3.03. The van der Waals surface area contributed by atoms with Gasteiger partial charge in [0.2, 0.25) is 0 Å². The number of methoxy groups -OCH3 is 1. The van der Waals surface area contributed by atoms with Crippen molar-refractivity contribution in [2.75, 3.05) is 13.4 Å². The van der Waals surface area contributed by atoms with Gasteiger partial charge >= 0.3 is 0 Å². The second-order valence-corrected chi connectivity index (χ2v) is 8.11. The van der Waals surface area contributed by atoms with Crippen LogP contribution in [0.5, 0.6) is 5.75 Å².